The number of benzene rings is 2. The molecule has 2 aromatic carbocycles. The highest BCUT2D eigenvalue weighted by Gasteiger charge is 2.34. The zero-order valence-corrected chi connectivity index (χ0v) is 19.3. The van der Waals surface area contributed by atoms with Gasteiger partial charge < -0.3 is 15.4 Å². The number of methoxy groups -OCH3 is 1. The molecule has 1 aliphatic heterocycles. The van der Waals surface area contributed by atoms with Gasteiger partial charge in [-0.05, 0) is 43.2 Å². The predicted molar refractivity (Wildman–Crippen MR) is 123 cm³/mol. The predicted octanol–water partition coefficient (Wildman–Crippen LogP) is 2.18. The Morgan fingerprint density at radius 2 is 1.88 bits per heavy atom. The van der Waals surface area contributed by atoms with Gasteiger partial charge in [0.2, 0.25) is 0 Å². The first-order valence-electron chi connectivity index (χ1n) is 10.3. The van der Waals surface area contributed by atoms with E-state index in [1.165, 1.54) is 4.68 Å². The number of carbonyl (C=O) groups excluding carboxylic acids is 2. The molecule has 0 bridgehead atoms. The van der Waals surface area contributed by atoms with E-state index in [0.717, 1.165) is 16.7 Å². The number of carbonyl (C=O) groups is 2. The van der Waals surface area contributed by atoms with Gasteiger partial charge in [0.1, 0.15) is 11.6 Å². The molecule has 33 heavy (non-hydrogen) atoms. The summed E-state index contributed by atoms with van der Waals surface area (Å²) in [5.41, 5.74) is 4.20. The summed E-state index contributed by atoms with van der Waals surface area (Å²) in [6.07, 6.45) is 0. The van der Waals surface area contributed by atoms with Crippen molar-refractivity contribution >= 4 is 27.5 Å². The van der Waals surface area contributed by atoms with E-state index in [2.05, 4.69) is 15.7 Å². The van der Waals surface area contributed by atoms with Crippen molar-refractivity contribution in [1.29, 1.82) is 0 Å². The van der Waals surface area contributed by atoms with Crippen LogP contribution in [0.25, 0.3) is 5.69 Å². The summed E-state index contributed by atoms with van der Waals surface area (Å²) in [4.78, 5) is 25.2. The molecule has 172 valence electrons. The first kappa shape index (κ1) is 22.5. The van der Waals surface area contributed by atoms with Crippen LogP contribution < -0.4 is 15.4 Å². The maximum atomic E-state index is 12.7. The molecule has 0 spiro atoms. The van der Waals surface area contributed by atoms with E-state index >= 15 is 0 Å². The van der Waals surface area contributed by atoms with Gasteiger partial charge in [-0.15, -0.1) is 0 Å². The summed E-state index contributed by atoms with van der Waals surface area (Å²) < 4.78 is 30.9. The Labute approximate surface area is 191 Å². The second-order valence-corrected chi connectivity index (χ2v) is 10.1. The molecule has 9 nitrogen and oxygen atoms in total. The van der Waals surface area contributed by atoms with Crippen molar-refractivity contribution in [2.75, 3.05) is 12.4 Å². The fourth-order valence-corrected chi connectivity index (χ4v) is 5.29. The maximum absolute atomic E-state index is 12.7. The Balaban J connectivity index is 1.58. The number of nitrogens with one attached hydrogen (secondary N) is 2. The summed E-state index contributed by atoms with van der Waals surface area (Å²) >= 11 is 0. The molecule has 4 rings (SSSR count). The van der Waals surface area contributed by atoms with E-state index in [-0.39, 0.29) is 23.9 Å². The molecular weight excluding hydrogens is 444 g/mol. The second kappa shape index (κ2) is 8.70. The van der Waals surface area contributed by atoms with Gasteiger partial charge in [0.15, 0.2) is 9.84 Å². The number of hydrogen-bond acceptors (Lipinski definition) is 6. The molecule has 3 aromatic rings. The number of sulfone groups is 1. The third-order valence-corrected chi connectivity index (χ3v) is 6.84. The molecule has 0 aliphatic carbocycles. The van der Waals surface area contributed by atoms with E-state index in [9.17, 15) is 18.0 Å². The van der Waals surface area contributed by atoms with Crippen LogP contribution in [0, 0.1) is 13.8 Å². The fourth-order valence-electron chi connectivity index (χ4n) is 3.80. The van der Waals surface area contributed by atoms with Crippen LogP contribution >= 0.6 is 0 Å². The third-order valence-electron chi connectivity index (χ3n) is 5.39. The molecular formula is C23H24N4O5S. The minimum absolute atomic E-state index is 0.131. The number of fused-ring (bicyclic) bond motifs is 1. The average Bonchev–Trinajstić information content (AvgIpc) is 3.24. The number of amides is 2. The van der Waals surface area contributed by atoms with Crippen molar-refractivity contribution < 1.29 is 22.7 Å². The standard InChI is InChI=1S/C23H24N4O5S/c1-14-7-8-20(15(2)9-14)27-21(18-12-33(30,31)13-19(18)26-27)25-23(29)22(28)24-11-16-5-4-6-17(10-16)32-3/h4-10H,11-13H2,1-3H3,(H,24,28)(H,25,29). The van der Waals surface area contributed by atoms with Crippen molar-refractivity contribution in [1.82, 2.24) is 15.1 Å². The molecule has 0 radical (unpaired) electrons. The molecule has 0 unspecified atom stereocenters. The van der Waals surface area contributed by atoms with Crippen molar-refractivity contribution in [3.05, 3.63) is 70.4 Å². The van der Waals surface area contributed by atoms with Gasteiger partial charge in [0, 0.05) is 12.1 Å². The van der Waals surface area contributed by atoms with Crippen LogP contribution in [0.4, 0.5) is 5.82 Å². The highest BCUT2D eigenvalue weighted by molar-refractivity contribution is 7.90. The van der Waals surface area contributed by atoms with Gasteiger partial charge in [-0.25, -0.2) is 13.1 Å². The van der Waals surface area contributed by atoms with Gasteiger partial charge in [-0.2, -0.15) is 5.10 Å². The number of aryl methyl sites for hydroxylation is 2. The van der Waals surface area contributed by atoms with Crippen LogP contribution in [0.15, 0.2) is 42.5 Å². The molecule has 0 saturated heterocycles. The van der Waals surface area contributed by atoms with E-state index in [4.69, 9.17) is 4.74 Å². The number of rotatable bonds is 5. The lowest BCUT2D eigenvalue weighted by atomic mass is 10.1. The zero-order chi connectivity index (χ0) is 23.8. The summed E-state index contributed by atoms with van der Waals surface area (Å²) in [6, 6.07) is 12.8. The van der Waals surface area contributed by atoms with Crippen LogP contribution in [0.2, 0.25) is 0 Å². The molecule has 2 heterocycles. The van der Waals surface area contributed by atoms with Gasteiger partial charge in [-0.3, -0.25) is 9.59 Å². The Morgan fingerprint density at radius 1 is 1.09 bits per heavy atom. The minimum atomic E-state index is -3.35. The lowest BCUT2D eigenvalue weighted by Crippen LogP contribution is -2.35. The van der Waals surface area contributed by atoms with Crippen molar-refractivity contribution in [2.24, 2.45) is 0 Å². The monoisotopic (exact) mass is 468 g/mol. The quantitative estimate of drug-likeness (QED) is 0.554. The number of nitrogens with zero attached hydrogens (tertiary/aromatic N) is 2. The Morgan fingerprint density at radius 3 is 2.61 bits per heavy atom. The van der Waals surface area contributed by atoms with Crippen molar-refractivity contribution in [3.8, 4) is 11.4 Å². The lowest BCUT2D eigenvalue weighted by molar-refractivity contribution is -0.136. The van der Waals surface area contributed by atoms with E-state index < -0.39 is 21.7 Å². The Bertz CT molecular complexity index is 1360. The summed E-state index contributed by atoms with van der Waals surface area (Å²) in [6.45, 7) is 3.99. The van der Waals surface area contributed by atoms with Crippen molar-refractivity contribution in [2.45, 2.75) is 31.9 Å². The average molecular weight is 469 g/mol. The molecule has 1 aliphatic rings. The van der Waals surface area contributed by atoms with Crippen LogP contribution in [0.3, 0.4) is 0 Å². The largest absolute Gasteiger partial charge is 0.497 e. The highest BCUT2D eigenvalue weighted by atomic mass is 32.2. The van der Waals surface area contributed by atoms with Gasteiger partial charge in [0.05, 0.1) is 30.0 Å². The van der Waals surface area contributed by atoms with Crippen LogP contribution in [0.5, 0.6) is 5.75 Å². The molecule has 0 saturated carbocycles. The number of hydrogen-bond donors (Lipinski definition) is 2. The van der Waals surface area contributed by atoms with Gasteiger partial charge >= 0.3 is 11.8 Å². The summed E-state index contributed by atoms with van der Waals surface area (Å²) in [5, 5.41) is 9.61. The van der Waals surface area contributed by atoms with E-state index in [1.807, 2.05) is 32.0 Å². The second-order valence-electron chi connectivity index (χ2n) is 8.00. The normalized spacial score (nSPS) is 13.9. The van der Waals surface area contributed by atoms with Crippen LogP contribution in [-0.2, 0) is 37.5 Å². The highest BCUT2D eigenvalue weighted by Crippen LogP contribution is 2.33. The van der Waals surface area contributed by atoms with Crippen molar-refractivity contribution in [3.63, 3.8) is 0 Å². The molecule has 2 amide bonds. The topological polar surface area (TPSA) is 119 Å². The molecule has 1 aromatic heterocycles. The molecule has 0 atom stereocenters. The SMILES string of the molecule is COc1cccc(CNC(=O)C(=O)Nc2c3c(nn2-c2ccc(C)cc2C)CS(=O)(=O)C3)c1. The van der Waals surface area contributed by atoms with Gasteiger partial charge in [0.25, 0.3) is 0 Å². The Kier molecular flexibility index (Phi) is 5.94. The van der Waals surface area contributed by atoms with Gasteiger partial charge in [-0.1, -0.05) is 29.8 Å². The first-order valence-corrected chi connectivity index (χ1v) is 12.1. The van der Waals surface area contributed by atoms with Crippen LogP contribution in [-0.4, -0.2) is 37.1 Å². The fraction of sp³-hybridized carbons (Fsp3) is 0.261. The number of aromatic nitrogens is 2. The minimum Gasteiger partial charge on any atom is -0.497 e. The Hall–Kier alpha value is -3.66. The summed E-state index contributed by atoms with van der Waals surface area (Å²) in [5.74, 6) is -1.36. The zero-order valence-electron chi connectivity index (χ0n) is 18.5. The summed E-state index contributed by atoms with van der Waals surface area (Å²) in [7, 11) is -1.80. The molecule has 2 N–H and O–H groups in total. The van der Waals surface area contributed by atoms with E-state index in [0.29, 0.717) is 22.7 Å². The molecule has 10 heteroatoms. The number of ether oxygens (including phenoxy) is 1. The first-order chi connectivity index (χ1) is 15.7. The molecule has 0 fully saturated rings. The maximum Gasteiger partial charge on any atom is 0.314 e. The third kappa shape index (κ3) is 4.75. The lowest BCUT2D eigenvalue weighted by Gasteiger charge is -2.13. The smallest absolute Gasteiger partial charge is 0.314 e. The number of anilines is 1. The van der Waals surface area contributed by atoms with Crippen LogP contribution in [0.1, 0.15) is 27.9 Å². The van der Waals surface area contributed by atoms with E-state index in [1.54, 1.807) is 31.4 Å².